The van der Waals surface area contributed by atoms with Crippen molar-refractivity contribution in [2.24, 2.45) is 0 Å². The van der Waals surface area contributed by atoms with Crippen molar-refractivity contribution in [1.29, 1.82) is 0 Å². The lowest BCUT2D eigenvalue weighted by molar-refractivity contribution is -0.108. The van der Waals surface area contributed by atoms with Gasteiger partial charge in [0, 0.05) is 18.6 Å². The van der Waals surface area contributed by atoms with Gasteiger partial charge in [0.1, 0.15) is 0 Å². The van der Waals surface area contributed by atoms with E-state index in [1.54, 1.807) is 0 Å². The number of likely N-dealkylation sites (tertiary alicyclic amines) is 1. The summed E-state index contributed by atoms with van der Waals surface area (Å²) >= 11 is 0. The molecule has 0 atom stereocenters. The van der Waals surface area contributed by atoms with Gasteiger partial charge in [-0.3, -0.25) is 10.1 Å². The summed E-state index contributed by atoms with van der Waals surface area (Å²) in [6, 6.07) is -0.410. The minimum absolute atomic E-state index is 0.181. The molecule has 1 fully saturated rings. The van der Waals surface area contributed by atoms with Crippen LogP contribution in [0, 0.1) is 0 Å². The quantitative estimate of drug-likeness (QED) is 0.612. The highest BCUT2D eigenvalue weighted by Crippen LogP contribution is 2.20. The Balaban J connectivity index is 2.42. The van der Waals surface area contributed by atoms with Crippen molar-refractivity contribution in [2.75, 3.05) is 20.1 Å². The summed E-state index contributed by atoms with van der Waals surface area (Å²) in [6.07, 6.45) is 2.22. The molecule has 1 saturated heterocycles. The third kappa shape index (κ3) is 2.99. The Morgan fingerprint density at radius 3 is 2.50 bits per heavy atom. The van der Waals surface area contributed by atoms with E-state index in [1.165, 1.54) is 0 Å². The lowest BCUT2D eigenvalue weighted by atomic mass is 9.90. The predicted octanol–water partition coefficient (Wildman–Crippen LogP) is -0.0737. The van der Waals surface area contributed by atoms with Gasteiger partial charge in [-0.25, -0.2) is 4.79 Å². The van der Waals surface area contributed by atoms with Gasteiger partial charge >= 0.3 is 6.03 Å². The molecule has 1 heterocycles. The van der Waals surface area contributed by atoms with E-state index in [0.29, 0.717) is 6.41 Å². The topological polar surface area (TPSA) is 61.4 Å². The Bertz CT molecular complexity index is 222. The number of hydrogen-bond acceptors (Lipinski definition) is 3. The maximum atomic E-state index is 11.1. The number of hydrogen-bond donors (Lipinski definition) is 2. The smallest absolute Gasteiger partial charge is 0.321 e. The first-order valence-corrected chi connectivity index (χ1v) is 4.77. The molecule has 0 aromatic rings. The van der Waals surface area contributed by atoms with Crippen molar-refractivity contribution < 1.29 is 9.59 Å². The Morgan fingerprint density at radius 2 is 2.00 bits per heavy atom. The number of urea groups is 1. The summed E-state index contributed by atoms with van der Waals surface area (Å²) in [5.41, 5.74) is -0.181. The fraction of sp³-hybridized carbons (Fsp3) is 0.778. The van der Waals surface area contributed by atoms with E-state index in [2.05, 4.69) is 22.6 Å². The number of carbonyl (C=O) groups is 2. The number of nitrogens with zero attached hydrogens (tertiary/aromatic N) is 1. The molecule has 0 aliphatic carbocycles. The Hall–Kier alpha value is -1.10. The normalized spacial score (nSPS) is 21.3. The van der Waals surface area contributed by atoms with Crippen molar-refractivity contribution in [3.8, 4) is 0 Å². The molecule has 1 aliphatic rings. The van der Waals surface area contributed by atoms with E-state index in [9.17, 15) is 9.59 Å². The summed E-state index contributed by atoms with van der Waals surface area (Å²) in [7, 11) is 2.06. The zero-order chi connectivity index (χ0) is 10.6. The molecule has 1 rings (SSSR count). The highest BCUT2D eigenvalue weighted by atomic mass is 16.2. The summed E-state index contributed by atoms with van der Waals surface area (Å²) in [5.74, 6) is 0. The van der Waals surface area contributed by atoms with Gasteiger partial charge in [0.25, 0.3) is 0 Å². The summed E-state index contributed by atoms with van der Waals surface area (Å²) in [6.45, 7) is 3.94. The van der Waals surface area contributed by atoms with Crippen molar-refractivity contribution in [3.63, 3.8) is 0 Å². The molecule has 1 aliphatic heterocycles. The van der Waals surface area contributed by atoms with Gasteiger partial charge in [-0.2, -0.15) is 0 Å². The number of imide groups is 1. The summed E-state index contributed by atoms with van der Waals surface area (Å²) in [5, 5.41) is 4.89. The Morgan fingerprint density at radius 1 is 1.43 bits per heavy atom. The van der Waals surface area contributed by atoms with Crippen LogP contribution in [-0.2, 0) is 4.79 Å². The number of carbonyl (C=O) groups excluding carboxylic acids is 2. The minimum atomic E-state index is -0.410. The average Bonchev–Trinajstić information content (AvgIpc) is 2.11. The molecule has 5 nitrogen and oxygen atoms in total. The van der Waals surface area contributed by atoms with Gasteiger partial charge in [-0.1, -0.05) is 0 Å². The standard InChI is InChI=1S/C9H17N3O2/c1-9(11-8(14)10-7-13)3-5-12(2)6-4-9/h7H,3-6H2,1-2H3,(H2,10,11,13,14). The molecule has 14 heavy (non-hydrogen) atoms. The van der Waals surface area contributed by atoms with E-state index in [4.69, 9.17) is 0 Å². The first-order chi connectivity index (χ1) is 6.56. The second-order valence-corrected chi connectivity index (χ2v) is 4.08. The van der Waals surface area contributed by atoms with Crippen molar-refractivity contribution in [3.05, 3.63) is 0 Å². The summed E-state index contributed by atoms with van der Waals surface area (Å²) in [4.78, 5) is 23.4. The van der Waals surface area contributed by atoms with Crippen LogP contribution in [0.4, 0.5) is 4.79 Å². The Labute approximate surface area is 83.8 Å². The molecule has 0 radical (unpaired) electrons. The van der Waals surface area contributed by atoms with Crippen LogP contribution in [0.25, 0.3) is 0 Å². The van der Waals surface area contributed by atoms with Crippen LogP contribution >= 0.6 is 0 Å². The van der Waals surface area contributed by atoms with Gasteiger partial charge in [-0.05, 0) is 26.8 Å². The molecule has 80 valence electrons. The molecular formula is C9H17N3O2. The summed E-state index contributed by atoms with van der Waals surface area (Å²) < 4.78 is 0. The second kappa shape index (κ2) is 4.41. The number of rotatable bonds is 2. The molecule has 0 spiro atoms. The molecule has 2 N–H and O–H groups in total. The number of amides is 3. The zero-order valence-electron chi connectivity index (χ0n) is 8.67. The molecule has 0 aromatic carbocycles. The monoisotopic (exact) mass is 199 g/mol. The predicted molar refractivity (Wildman–Crippen MR) is 52.9 cm³/mol. The third-order valence-corrected chi connectivity index (χ3v) is 2.70. The van der Waals surface area contributed by atoms with Crippen LogP contribution in [0.3, 0.4) is 0 Å². The molecule has 0 unspecified atom stereocenters. The van der Waals surface area contributed by atoms with Gasteiger partial charge in [0.05, 0.1) is 0 Å². The molecule has 3 amide bonds. The van der Waals surface area contributed by atoms with Crippen LogP contribution in [0.5, 0.6) is 0 Å². The van der Waals surface area contributed by atoms with Gasteiger partial charge in [0.15, 0.2) is 0 Å². The fourth-order valence-corrected chi connectivity index (χ4v) is 1.60. The SMILES string of the molecule is CN1CCC(C)(NC(=O)NC=O)CC1. The van der Waals surface area contributed by atoms with Gasteiger partial charge in [0.2, 0.25) is 6.41 Å². The van der Waals surface area contributed by atoms with Gasteiger partial charge < -0.3 is 10.2 Å². The van der Waals surface area contributed by atoms with Crippen LogP contribution < -0.4 is 10.6 Å². The van der Waals surface area contributed by atoms with Crippen molar-refractivity contribution in [1.82, 2.24) is 15.5 Å². The fourth-order valence-electron chi connectivity index (χ4n) is 1.60. The highest BCUT2D eigenvalue weighted by molar-refractivity contribution is 5.84. The highest BCUT2D eigenvalue weighted by Gasteiger charge is 2.29. The van der Waals surface area contributed by atoms with Crippen LogP contribution in [0.15, 0.2) is 0 Å². The average molecular weight is 199 g/mol. The maximum absolute atomic E-state index is 11.1. The Kier molecular flexibility index (Phi) is 3.46. The van der Waals surface area contributed by atoms with E-state index in [1.807, 2.05) is 6.92 Å². The van der Waals surface area contributed by atoms with E-state index >= 15 is 0 Å². The maximum Gasteiger partial charge on any atom is 0.321 e. The first-order valence-electron chi connectivity index (χ1n) is 4.77. The molecular weight excluding hydrogens is 182 g/mol. The molecule has 5 heteroatoms. The van der Waals surface area contributed by atoms with Gasteiger partial charge in [-0.15, -0.1) is 0 Å². The van der Waals surface area contributed by atoms with Crippen molar-refractivity contribution in [2.45, 2.75) is 25.3 Å². The van der Waals surface area contributed by atoms with Crippen LogP contribution in [0.2, 0.25) is 0 Å². The number of nitrogens with one attached hydrogen (secondary N) is 2. The largest absolute Gasteiger partial charge is 0.333 e. The number of piperidine rings is 1. The molecule has 0 saturated carbocycles. The second-order valence-electron chi connectivity index (χ2n) is 4.08. The lowest BCUT2D eigenvalue weighted by Crippen LogP contribution is -2.55. The van der Waals surface area contributed by atoms with Crippen molar-refractivity contribution >= 4 is 12.4 Å². The first kappa shape index (κ1) is 11.0. The molecule has 0 bridgehead atoms. The zero-order valence-corrected chi connectivity index (χ0v) is 8.67. The van der Waals surface area contributed by atoms with E-state index < -0.39 is 6.03 Å². The molecule has 0 aromatic heterocycles. The van der Waals surface area contributed by atoms with E-state index in [0.717, 1.165) is 25.9 Å². The van der Waals surface area contributed by atoms with Crippen LogP contribution in [0.1, 0.15) is 19.8 Å². The third-order valence-electron chi connectivity index (χ3n) is 2.70. The van der Waals surface area contributed by atoms with E-state index in [-0.39, 0.29) is 5.54 Å². The minimum Gasteiger partial charge on any atom is -0.333 e. The lowest BCUT2D eigenvalue weighted by Gasteiger charge is -2.38. The van der Waals surface area contributed by atoms with Crippen LogP contribution in [-0.4, -0.2) is 43.0 Å².